The van der Waals surface area contributed by atoms with E-state index in [9.17, 15) is 9.59 Å². The molecule has 0 unspecified atom stereocenters. The van der Waals surface area contributed by atoms with E-state index >= 15 is 0 Å². The number of esters is 1. The molecule has 0 saturated carbocycles. The molecular formula is C34H29NO3. The van der Waals surface area contributed by atoms with E-state index in [2.05, 4.69) is 20.8 Å². The molecule has 4 nitrogen and oxygen atoms in total. The van der Waals surface area contributed by atoms with E-state index in [0.29, 0.717) is 16.9 Å². The van der Waals surface area contributed by atoms with Crippen LogP contribution in [-0.2, 0) is 4.74 Å². The summed E-state index contributed by atoms with van der Waals surface area (Å²) < 4.78 is 6.15. The number of carbonyl (C=O) groups excluding carboxylic acids is 2. The minimum atomic E-state index is -0.442. The van der Waals surface area contributed by atoms with Gasteiger partial charge in [-0.05, 0) is 36.4 Å². The molecule has 5 rings (SSSR count). The molecule has 0 fully saturated rings. The minimum Gasteiger partial charge on any atom is -0.422 e. The van der Waals surface area contributed by atoms with Crippen molar-refractivity contribution in [2.24, 2.45) is 5.41 Å². The van der Waals surface area contributed by atoms with Crippen LogP contribution >= 0.6 is 0 Å². The zero-order chi connectivity index (χ0) is 26.7. The number of hydrogen-bond donors (Lipinski definition) is 0. The highest BCUT2D eigenvalue weighted by atomic mass is 16.5. The smallest absolute Gasteiger partial charge is 0.343 e. The molecule has 38 heavy (non-hydrogen) atoms. The first kappa shape index (κ1) is 25.0. The van der Waals surface area contributed by atoms with E-state index in [0.717, 1.165) is 28.1 Å². The number of ether oxygens (including phenoxy) is 1. The van der Waals surface area contributed by atoms with Crippen molar-refractivity contribution in [3.05, 3.63) is 149 Å². The molecular weight excluding hydrogens is 470 g/mol. The Morgan fingerprint density at radius 1 is 0.632 bits per heavy atom. The van der Waals surface area contributed by atoms with Crippen LogP contribution in [0.25, 0.3) is 11.3 Å². The van der Waals surface area contributed by atoms with Gasteiger partial charge in [0.1, 0.15) is 5.76 Å². The summed E-state index contributed by atoms with van der Waals surface area (Å²) in [5.74, 6) is -0.107. The lowest BCUT2D eigenvalue weighted by Crippen LogP contribution is -2.38. The maximum Gasteiger partial charge on any atom is 0.343 e. The number of amides is 1. The van der Waals surface area contributed by atoms with Crippen LogP contribution in [0.1, 0.15) is 52.6 Å². The minimum absolute atomic E-state index is 0.110. The van der Waals surface area contributed by atoms with Crippen LogP contribution in [0.5, 0.6) is 0 Å². The molecule has 0 N–H and O–H groups in total. The zero-order valence-corrected chi connectivity index (χ0v) is 21.7. The second-order valence-corrected chi connectivity index (χ2v) is 10.2. The third-order valence-electron chi connectivity index (χ3n) is 6.43. The van der Waals surface area contributed by atoms with E-state index in [-0.39, 0.29) is 5.91 Å². The molecule has 1 amide bonds. The number of rotatable bonds is 4. The molecule has 1 aliphatic rings. The van der Waals surface area contributed by atoms with E-state index in [1.54, 1.807) is 17.0 Å². The van der Waals surface area contributed by atoms with Gasteiger partial charge in [0, 0.05) is 33.4 Å². The molecule has 4 aromatic carbocycles. The summed E-state index contributed by atoms with van der Waals surface area (Å²) in [6, 6.07) is 35.6. The Bertz CT molecular complexity index is 1530. The maximum atomic E-state index is 13.9. The van der Waals surface area contributed by atoms with Gasteiger partial charge in [0.2, 0.25) is 0 Å². The van der Waals surface area contributed by atoms with Crippen LogP contribution in [0.4, 0.5) is 5.69 Å². The van der Waals surface area contributed by atoms with Gasteiger partial charge >= 0.3 is 5.97 Å². The summed E-state index contributed by atoms with van der Waals surface area (Å²) in [4.78, 5) is 29.0. The van der Waals surface area contributed by atoms with Gasteiger partial charge in [0.15, 0.2) is 0 Å². The van der Waals surface area contributed by atoms with Crippen molar-refractivity contribution in [1.82, 2.24) is 0 Å². The van der Waals surface area contributed by atoms with Crippen LogP contribution in [-0.4, -0.2) is 11.9 Å². The molecule has 0 radical (unpaired) electrons. The fraction of sp³-hybridized carbons (Fsp3) is 0.118. The quantitative estimate of drug-likeness (QED) is 0.211. The summed E-state index contributed by atoms with van der Waals surface area (Å²) >= 11 is 0. The van der Waals surface area contributed by atoms with Gasteiger partial charge in [-0.2, -0.15) is 0 Å². The molecule has 188 valence electrons. The predicted molar refractivity (Wildman–Crippen MR) is 152 cm³/mol. The molecule has 1 heterocycles. The highest BCUT2D eigenvalue weighted by Gasteiger charge is 2.36. The normalized spacial score (nSPS) is 14.3. The molecule has 0 atom stereocenters. The molecule has 0 aromatic heterocycles. The van der Waals surface area contributed by atoms with E-state index < -0.39 is 11.4 Å². The molecule has 0 saturated heterocycles. The van der Waals surface area contributed by atoms with Gasteiger partial charge in [-0.25, -0.2) is 4.79 Å². The third kappa shape index (κ3) is 4.94. The average molecular weight is 500 g/mol. The fourth-order valence-electron chi connectivity index (χ4n) is 4.56. The lowest BCUT2D eigenvalue weighted by molar-refractivity contribution is 0.0692. The molecule has 1 aliphatic heterocycles. The summed E-state index contributed by atoms with van der Waals surface area (Å²) in [6.07, 6.45) is 1.99. The molecule has 0 bridgehead atoms. The van der Waals surface area contributed by atoms with Crippen molar-refractivity contribution in [3.8, 4) is 0 Å². The molecule has 4 heteroatoms. The van der Waals surface area contributed by atoms with Crippen LogP contribution < -0.4 is 4.90 Å². The number of para-hydroxylation sites is 1. The van der Waals surface area contributed by atoms with Gasteiger partial charge in [-0.15, -0.1) is 0 Å². The number of nitrogens with zero attached hydrogens (tertiary/aromatic N) is 1. The predicted octanol–water partition coefficient (Wildman–Crippen LogP) is 8.00. The molecule has 0 spiro atoms. The second kappa shape index (κ2) is 10.3. The first-order chi connectivity index (χ1) is 18.3. The van der Waals surface area contributed by atoms with Crippen LogP contribution in [0.15, 0.2) is 127 Å². The zero-order valence-electron chi connectivity index (χ0n) is 21.7. The Morgan fingerprint density at radius 3 is 1.71 bits per heavy atom. The number of allylic oxidation sites excluding steroid dienone is 3. The largest absolute Gasteiger partial charge is 0.422 e. The Morgan fingerprint density at radius 2 is 1.13 bits per heavy atom. The monoisotopic (exact) mass is 499 g/mol. The SMILES string of the molecule is CC(C)(C)C1=CC(=C(OC(=O)c2ccccc2)c2ccccc2)c2ccccc2N1C(=O)c1ccccc1. The lowest BCUT2D eigenvalue weighted by atomic mass is 9.83. The highest BCUT2D eigenvalue weighted by Crippen LogP contribution is 2.45. The third-order valence-corrected chi connectivity index (χ3v) is 6.43. The van der Waals surface area contributed by atoms with Crippen molar-refractivity contribution in [2.75, 3.05) is 4.90 Å². The number of carbonyl (C=O) groups is 2. The lowest BCUT2D eigenvalue weighted by Gasteiger charge is -2.38. The Balaban J connectivity index is 1.75. The number of anilines is 1. The van der Waals surface area contributed by atoms with Gasteiger partial charge in [0.25, 0.3) is 5.91 Å². The summed E-state index contributed by atoms with van der Waals surface area (Å²) in [6.45, 7) is 6.23. The summed E-state index contributed by atoms with van der Waals surface area (Å²) in [5, 5.41) is 0. The Kier molecular flexibility index (Phi) is 6.80. The van der Waals surface area contributed by atoms with Crippen molar-refractivity contribution in [2.45, 2.75) is 20.8 Å². The van der Waals surface area contributed by atoms with E-state index in [1.165, 1.54) is 0 Å². The van der Waals surface area contributed by atoms with Gasteiger partial charge < -0.3 is 4.74 Å². The maximum absolute atomic E-state index is 13.9. The topological polar surface area (TPSA) is 46.6 Å². The van der Waals surface area contributed by atoms with E-state index in [1.807, 2.05) is 109 Å². The van der Waals surface area contributed by atoms with Crippen molar-refractivity contribution >= 4 is 28.9 Å². The molecule has 4 aromatic rings. The average Bonchev–Trinajstić information content (AvgIpc) is 2.95. The fourth-order valence-corrected chi connectivity index (χ4v) is 4.56. The van der Waals surface area contributed by atoms with Crippen molar-refractivity contribution in [3.63, 3.8) is 0 Å². The van der Waals surface area contributed by atoms with Crippen molar-refractivity contribution in [1.29, 1.82) is 0 Å². The van der Waals surface area contributed by atoms with Gasteiger partial charge in [0.05, 0.1) is 11.3 Å². The second-order valence-electron chi connectivity index (χ2n) is 10.2. The molecule has 0 aliphatic carbocycles. The van der Waals surface area contributed by atoms with Crippen molar-refractivity contribution < 1.29 is 14.3 Å². The number of fused-ring (bicyclic) bond motifs is 1. The van der Waals surface area contributed by atoms with E-state index in [4.69, 9.17) is 4.74 Å². The Labute approximate surface area is 223 Å². The number of hydrogen-bond acceptors (Lipinski definition) is 3. The Hall–Kier alpha value is -4.70. The first-order valence-electron chi connectivity index (χ1n) is 12.6. The highest BCUT2D eigenvalue weighted by molar-refractivity contribution is 6.13. The van der Waals surface area contributed by atoms with Crippen LogP contribution in [0.2, 0.25) is 0 Å². The van der Waals surface area contributed by atoms with Crippen LogP contribution in [0.3, 0.4) is 0 Å². The van der Waals surface area contributed by atoms with Crippen LogP contribution in [0, 0.1) is 5.41 Å². The standard InChI is InChI=1S/C34H29NO3/c1-34(2,3)30-23-28(27-21-13-14-22-29(27)35(30)32(36)25-17-9-5-10-18-25)31(24-15-7-4-8-16-24)38-33(37)26-19-11-6-12-20-26/h4-23H,1-3H3. The van der Waals surface area contributed by atoms with Gasteiger partial charge in [-0.1, -0.05) is 106 Å². The summed E-state index contributed by atoms with van der Waals surface area (Å²) in [7, 11) is 0. The summed E-state index contributed by atoms with van der Waals surface area (Å²) in [5.41, 5.74) is 4.55. The first-order valence-corrected chi connectivity index (χ1v) is 12.6. The number of benzene rings is 4. The van der Waals surface area contributed by atoms with Gasteiger partial charge in [-0.3, -0.25) is 9.69 Å².